The molecule has 0 aromatic carbocycles. The molecule has 0 saturated heterocycles. The largest absolute Gasteiger partial charge is 0.0693 e. The molecule has 0 N–H and O–H groups in total. The van der Waals surface area contributed by atoms with Crippen molar-refractivity contribution < 1.29 is 0 Å². The third kappa shape index (κ3) is 4.54. The van der Waals surface area contributed by atoms with Crippen LogP contribution in [0.2, 0.25) is 25.2 Å². The Hall–Kier alpha value is 0.217. The van der Waals surface area contributed by atoms with E-state index in [-0.39, 0.29) is 0 Å². The zero-order chi connectivity index (χ0) is 19.0. The zero-order valence-corrected chi connectivity index (χ0v) is 20.0. The summed E-state index contributed by atoms with van der Waals surface area (Å²) < 4.78 is 0. The molecule has 0 spiro atoms. The summed E-state index contributed by atoms with van der Waals surface area (Å²) in [4.78, 5) is 0. The maximum absolute atomic E-state index is 2.74. The third-order valence-electron chi connectivity index (χ3n) is 10.2. The summed E-state index contributed by atoms with van der Waals surface area (Å²) in [5.74, 6) is 8.72. The van der Waals surface area contributed by atoms with Crippen LogP contribution in [-0.4, -0.2) is 8.07 Å². The monoisotopic (exact) mass is 388 g/mol. The van der Waals surface area contributed by atoms with Crippen LogP contribution in [0.25, 0.3) is 0 Å². The normalized spacial score (nSPS) is 44.9. The van der Waals surface area contributed by atoms with Gasteiger partial charge >= 0.3 is 0 Å². The maximum atomic E-state index is 2.74. The second kappa shape index (κ2) is 8.53. The van der Waals surface area contributed by atoms with E-state index in [4.69, 9.17) is 0 Å². The van der Waals surface area contributed by atoms with E-state index in [1.807, 2.05) is 0 Å². The van der Waals surface area contributed by atoms with Crippen molar-refractivity contribution in [3.8, 4) is 0 Å². The predicted octanol–water partition coefficient (Wildman–Crippen LogP) is 8.40. The van der Waals surface area contributed by atoms with E-state index in [1.54, 1.807) is 63.5 Å². The summed E-state index contributed by atoms with van der Waals surface area (Å²) in [6.45, 7) is 10.7. The van der Waals surface area contributed by atoms with Crippen LogP contribution in [0.1, 0.15) is 90.9 Å². The molecular formula is C26H48Si. The zero-order valence-electron chi connectivity index (χ0n) is 19.0. The van der Waals surface area contributed by atoms with Gasteiger partial charge in [-0.2, -0.15) is 0 Å². The first-order valence-electron chi connectivity index (χ1n) is 12.9. The molecule has 0 radical (unpaired) electrons. The second-order valence-electron chi connectivity index (χ2n) is 12.4. The Morgan fingerprint density at radius 3 is 1.48 bits per heavy atom. The number of hydrogen-bond acceptors (Lipinski definition) is 0. The van der Waals surface area contributed by atoms with Crippen molar-refractivity contribution in [2.24, 2.45) is 47.3 Å². The molecule has 27 heavy (non-hydrogen) atoms. The minimum Gasteiger partial charge on any atom is -0.0693 e. The summed E-state index contributed by atoms with van der Waals surface area (Å²) in [5, 5.41) is 0. The first-order valence-corrected chi connectivity index (χ1v) is 16.4. The Bertz CT molecular complexity index is 441. The Balaban J connectivity index is 1.27. The first kappa shape index (κ1) is 20.5. The lowest BCUT2D eigenvalue weighted by Crippen LogP contribution is -2.30. The maximum Gasteiger partial charge on any atom is 0.0473 e. The van der Waals surface area contributed by atoms with Gasteiger partial charge in [-0.25, -0.2) is 0 Å². The molecule has 8 atom stereocenters. The fourth-order valence-electron chi connectivity index (χ4n) is 8.57. The molecule has 4 rings (SSSR count). The third-order valence-corrected chi connectivity index (χ3v) is 13.4. The predicted molar refractivity (Wildman–Crippen MR) is 122 cm³/mol. The van der Waals surface area contributed by atoms with E-state index >= 15 is 0 Å². The van der Waals surface area contributed by atoms with Gasteiger partial charge in [0.2, 0.25) is 0 Å². The lowest BCUT2D eigenvalue weighted by Gasteiger charge is -2.34. The van der Waals surface area contributed by atoms with Gasteiger partial charge in [0.15, 0.2) is 0 Å². The van der Waals surface area contributed by atoms with Gasteiger partial charge in [0.25, 0.3) is 0 Å². The second-order valence-corrected chi connectivity index (χ2v) is 17.7. The topological polar surface area (TPSA) is 0 Å². The molecule has 0 aromatic heterocycles. The van der Waals surface area contributed by atoms with Crippen molar-refractivity contribution in [1.29, 1.82) is 0 Å². The average Bonchev–Trinajstić information content (AvgIpc) is 3.13. The van der Waals surface area contributed by atoms with Gasteiger partial charge in [0.05, 0.1) is 0 Å². The van der Waals surface area contributed by atoms with Gasteiger partial charge < -0.3 is 0 Å². The van der Waals surface area contributed by atoms with Crippen molar-refractivity contribution in [1.82, 2.24) is 0 Å². The van der Waals surface area contributed by atoms with E-state index in [2.05, 4.69) is 26.9 Å². The van der Waals surface area contributed by atoms with E-state index in [9.17, 15) is 0 Å². The smallest absolute Gasteiger partial charge is 0.0473 e. The lowest BCUT2D eigenvalue weighted by atomic mass is 9.77. The molecule has 8 unspecified atom stereocenters. The highest BCUT2D eigenvalue weighted by Crippen LogP contribution is 2.52. The molecule has 0 aromatic rings. The van der Waals surface area contributed by atoms with Crippen LogP contribution in [-0.2, 0) is 0 Å². The Labute approximate surface area is 171 Å². The van der Waals surface area contributed by atoms with Gasteiger partial charge in [0, 0.05) is 8.07 Å². The molecule has 156 valence electrons. The van der Waals surface area contributed by atoms with Crippen molar-refractivity contribution >= 4 is 8.07 Å². The van der Waals surface area contributed by atoms with E-state index in [0.717, 1.165) is 47.3 Å². The van der Waals surface area contributed by atoms with Crippen LogP contribution in [0.3, 0.4) is 0 Å². The minimum atomic E-state index is -1.01. The van der Waals surface area contributed by atoms with Gasteiger partial charge in [-0.3, -0.25) is 0 Å². The number of fused-ring (bicyclic) bond motifs is 2. The standard InChI is InChI=1S/C26H48Si/c1-19-17-21-9-5-7-11-25(21)23(19)13-15-27(3,4)16-14-24-20(2)18-22-10-6-8-12-26(22)24/h19-26H,5-18H2,1-4H3. The van der Waals surface area contributed by atoms with Crippen molar-refractivity contribution in [3.63, 3.8) is 0 Å². The molecule has 4 aliphatic rings. The van der Waals surface area contributed by atoms with Crippen LogP contribution in [0.15, 0.2) is 0 Å². The number of rotatable bonds is 6. The van der Waals surface area contributed by atoms with Crippen LogP contribution >= 0.6 is 0 Å². The van der Waals surface area contributed by atoms with Crippen LogP contribution in [0.5, 0.6) is 0 Å². The highest BCUT2D eigenvalue weighted by molar-refractivity contribution is 6.77. The Kier molecular flexibility index (Phi) is 6.47. The summed E-state index contributed by atoms with van der Waals surface area (Å²) in [6.07, 6.45) is 18.7. The van der Waals surface area contributed by atoms with Gasteiger partial charge in [-0.15, -0.1) is 0 Å². The molecule has 0 nitrogen and oxygen atoms in total. The molecule has 0 heterocycles. The van der Waals surface area contributed by atoms with Gasteiger partial charge in [-0.1, -0.05) is 90.4 Å². The van der Waals surface area contributed by atoms with Crippen molar-refractivity contribution in [2.75, 3.05) is 0 Å². The van der Waals surface area contributed by atoms with Crippen molar-refractivity contribution in [3.05, 3.63) is 0 Å². The summed E-state index contributed by atoms with van der Waals surface area (Å²) in [7, 11) is -1.01. The van der Waals surface area contributed by atoms with Crippen LogP contribution in [0, 0.1) is 47.3 Å². The van der Waals surface area contributed by atoms with Crippen LogP contribution < -0.4 is 0 Å². The summed E-state index contributed by atoms with van der Waals surface area (Å²) in [5.41, 5.74) is 0. The van der Waals surface area contributed by atoms with Crippen molar-refractivity contribution in [2.45, 2.75) is 116 Å². The van der Waals surface area contributed by atoms with Gasteiger partial charge in [0.1, 0.15) is 0 Å². The first-order chi connectivity index (χ1) is 12.9. The number of hydrogen-bond donors (Lipinski definition) is 0. The molecule has 4 saturated carbocycles. The highest BCUT2D eigenvalue weighted by Gasteiger charge is 2.44. The Morgan fingerprint density at radius 2 is 1.04 bits per heavy atom. The molecule has 1 heteroatoms. The SMILES string of the molecule is CC1CC2CCCCC2C1CC[Si](C)(C)CCC1C(C)CC2CCCCC21. The molecular weight excluding hydrogens is 340 g/mol. The fraction of sp³-hybridized carbons (Fsp3) is 1.00. The minimum absolute atomic E-state index is 1.01. The molecule has 4 fully saturated rings. The highest BCUT2D eigenvalue weighted by atomic mass is 28.3. The van der Waals surface area contributed by atoms with E-state index in [0.29, 0.717) is 0 Å². The van der Waals surface area contributed by atoms with Gasteiger partial charge in [-0.05, 0) is 73.0 Å². The Morgan fingerprint density at radius 1 is 0.630 bits per heavy atom. The molecule has 0 amide bonds. The molecule has 0 bridgehead atoms. The average molecular weight is 389 g/mol. The quantitative estimate of drug-likeness (QED) is 0.401. The fourth-order valence-corrected chi connectivity index (χ4v) is 11.1. The molecule has 0 aliphatic heterocycles. The van der Waals surface area contributed by atoms with E-state index < -0.39 is 8.07 Å². The summed E-state index contributed by atoms with van der Waals surface area (Å²) >= 11 is 0. The summed E-state index contributed by atoms with van der Waals surface area (Å²) in [6, 6.07) is 3.25. The lowest BCUT2D eigenvalue weighted by molar-refractivity contribution is 0.213. The van der Waals surface area contributed by atoms with Crippen LogP contribution in [0.4, 0.5) is 0 Å². The molecule has 4 aliphatic carbocycles. The van der Waals surface area contributed by atoms with E-state index in [1.165, 1.54) is 25.7 Å².